The maximum absolute atomic E-state index is 13.0. The van der Waals surface area contributed by atoms with Crippen LogP contribution in [0, 0.1) is 33.8 Å². The number of ketones is 1. The molecular formula is C24H18N2O7. The maximum atomic E-state index is 13.0. The van der Waals surface area contributed by atoms with Crippen molar-refractivity contribution in [3.8, 4) is 0 Å². The third-order valence-corrected chi connectivity index (χ3v) is 6.54. The van der Waals surface area contributed by atoms with Gasteiger partial charge in [-0.1, -0.05) is 18.2 Å². The average molecular weight is 446 g/mol. The third-order valence-electron chi connectivity index (χ3n) is 6.54. The predicted molar refractivity (Wildman–Crippen MR) is 114 cm³/mol. The highest BCUT2D eigenvalue weighted by Crippen LogP contribution is 2.53. The molecule has 0 unspecified atom stereocenters. The Labute approximate surface area is 187 Å². The second kappa shape index (κ2) is 7.77. The lowest BCUT2D eigenvalue weighted by atomic mass is 9.85. The van der Waals surface area contributed by atoms with Gasteiger partial charge in [0.15, 0.2) is 12.4 Å². The molecule has 0 radical (unpaired) electrons. The van der Waals surface area contributed by atoms with Gasteiger partial charge in [0.05, 0.1) is 28.0 Å². The molecule has 0 N–H and O–H groups in total. The fraction of sp³-hybridized carbons (Fsp3) is 0.250. The van der Waals surface area contributed by atoms with Crippen molar-refractivity contribution >= 4 is 34.9 Å². The van der Waals surface area contributed by atoms with E-state index < -0.39 is 23.3 Å². The molecule has 2 bridgehead atoms. The summed E-state index contributed by atoms with van der Waals surface area (Å²) in [7, 11) is 0. The number of rotatable bonds is 6. The molecule has 1 saturated carbocycles. The Kier molecular flexibility index (Phi) is 4.88. The highest BCUT2D eigenvalue weighted by Gasteiger charge is 2.59. The van der Waals surface area contributed by atoms with Crippen molar-refractivity contribution in [2.24, 2.45) is 23.7 Å². The number of imide groups is 1. The van der Waals surface area contributed by atoms with Crippen LogP contribution in [0.5, 0.6) is 0 Å². The van der Waals surface area contributed by atoms with Gasteiger partial charge in [0.25, 0.3) is 5.69 Å². The molecule has 9 heteroatoms. The lowest BCUT2D eigenvalue weighted by Gasteiger charge is -2.18. The summed E-state index contributed by atoms with van der Waals surface area (Å²) in [6, 6.07) is 11.0. The Hall–Kier alpha value is -4.14. The van der Waals surface area contributed by atoms with Gasteiger partial charge in [0.1, 0.15) is 0 Å². The van der Waals surface area contributed by atoms with Gasteiger partial charge in [-0.05, 0) is 48.6 Å². The molecule has 1 saturated heterocycles. The van der Waals surface area contributed by atoms with Crippen LogP contribution in [0.25, 0.3) is 0 Å². The van der Waals surface area contributed by atoms with Gasteiger partial charge in [-0.15, -0.1) is 0 Å². The lowest BCUT2D eigenvalue weighted by Crippen LogP contribution is -2.33. The van der Waals surface area contributed by atoms with E-state index in [1.165, 1.54) is 36.4 Å². The SMILES string of the molecule is O=C(COC(=O)c1cccc(N2C(=O)[C@@H]3[C@H](C2=O)[C@@H]2C=C[C@H]3C2)c1)c1ccc([N+](=O)[O-])cc1. The number of nitrogens with zero attached hydrogens (tertiary/aromatic N) is 2. The zero-order valence-electron chi connectivity index (χ0n) is 17.2. The van der Waals surface area contributed by atoms with E-state index in [0.717, 1.165) is 11.3 Å². The Morgan fingerprint density at radius 2 is 1.61 bits per heavy atom. The minimum Gasteiger partial charge on any atom is -0.454 e. The minimum atomic E-state index is -0.784. The molecule has 5 rings (SSSR count). The van der Waals surface area contributed by atoms with Crippen LogP contribution in [0.3, 0.4) is 0 Å². The number of carbonyl (C=O) groups excluding carboxylic acids is 4. The van der Waals surface area contributed by atoms with E-state index in [9.17, 15) is 29.3 Å². The van der Waals surface area contributed by atoms with Crippen LogP contribution in [-0.4, -0.2) is 35.1 Å². The highest BCUT2D eigenvalue weighted by atomic mass is 16.6. The molecule has 2 aromatic rings. The summed E-state index contributed by atoms with van der Waals surface area (Å²) in [5.74, 6) is -2.32. The minimum absolute atomic E-state index is 0.0834. The molecule has 2 amide bonds. The monoisotopic (exact) mass is 446 g/mol. The first-order valence-corrected chi connectivity index (χ1v) is 10.5. The van der Waals surface area contributed by atoms with Gasteiger partial charge >= 0.3 is 5.97 Å². The number of amides is 2. The summed E-state index contributed by atoms with van der Waals surface area (Å²) in [6.45, 7) is -0.554. The number of hydrogen-bond acceptors (Lipinski definition) is 7. The molecule has 33 heavy (non-hydrogen) atoms. The molecule has 4 atom stereocenters. The summed E-state index contributed by atoms with van der Waals surface area (Å²) in [5, 5.41) is 10.7. The number of fused-ring (bicyclic) bond motifs is 5. The first-order chi connectivity index (χ1) is 15.8. The van der Waals surface area contributed by atoms with Gasteiger partial charge in [0, 0.05) is 17.7 Å². The fourth-order valence-electron chi connectivity index (χ4n) is 5.00. The van der Waals surface area contributed by atoms with E-state index in [4.69, 9.17) is 4.74 Å². The summed E-state index contributed by atoms with van der Waals surface area (Å²) < 4.78 is 5.09. The molecular weight excluding hydrogens is 428 g/mol. The smallest absolute Gasteiger partial charge is 0.338 e. The Bertz CT molecular complexity index is 1200. The molecule has 9 nitrogen and oxygen atoms in total. The van der Waals surface area contributed by atoms with Crippen LogP contribution in [0.15, 0.2) is 60.7 Å². The first-order valence-electron chi connectivity index (χ1n) is 10.5. The number of anilines is 1. The number of allylic oxidation sites excluding steroid dienone is 2. The summed E-state index contributed by atoms with van der Waals surface area (Å²) in [6.07, 6.45) is 4.85. The first kappa shape index (κ1) is 20.7. The van der Waals surface area contributed by atoms with E-state index >= 15 is 0 Å². The van der Waals surface area contributed by atoms with Gasteiger partial charge in [0.2, 0.25) is 11.8 Å². The number of ether oxygens (including phenoxy) is 1. The van der Waals surface area contributed by atoms with Gasteiger partial charge in [-0.25, -0.2) is 9.69 Å². The Balaban J connectivity index is 1.27. The molecule has 3 aliphatic rings. The molecule has 0 spiro atoms. The number of nitro benzene ring substituents is 1. The fourth-order valence-corrected chi connectivity index (χ4v) is 5.00. The second-order valence-corrected chi connectivity index (χ2v) is 8.37. The van der Waals surface area contributed by atoms with Crippen molar-refractivity contribution in [2.45, 2.75) is 6.42 Å². The molecule has 2 fully saturated rings. The topological polar surface area (TPSA) is 124 Å². The summed E-state index contributed by atoms with van der Waals surface area (Å²) in [4.78, 5) is 62.0. The van der Waals surface area contributed by atoms with E-state index in [1.807, 2.05) is 12.2 Å². The van der Waals surface area contributed by atoms with Crippen molar-refractivity contribution in [2.75, 3.05) is 11.5 Å². The van der Waals surface area contributed by atoms with E-state index in [-0.39, 0.29) is 52.3 Å². The zero-order valence-corrected chi connectivity index (χ0v) is 17.2. The van der Waals surface area contributed by atoms with Crippen molar-refractivity contribution in [3.05, 3.63) is 81.9 Å². The molecule has 166 valence electrons. The van der Waals surface area contributed by atoms with E-state index in [0.29, 0.717) is 5.69 Å². The molecule has 0 aromatic heterocycles. The predicted octanol–water partition coefficient (Wildman–Crippen LogP) is 2.95. The third kappa shape index (κ3) is 3.42. The number of benzene rings is 2. The van der Waals surface area contributed by atoms with Crippen LogP contribution in [0.1, 0.15) is 27.1 Å². The molecule has 1 aliphatic heterocycles. The normalized spacial score (nSPS) is 24.8. The summed E-state index contributed by atoms with van der Waals surface area (Å²) >= 11 is 0. The van der Waals surface area contributed by atoms with Crippen molar-refractivity contribution in [3.63, 3.8) is 0 Å². The Morgan fingerprint density at radius 1 is 0.970 bits per heavy atom. The van der Waals surface area contributed by atoms with Gasteiger partial charge in [-0.2, -0.15) is 0 Å². The van der Waals surface area contributed by atoms with Crippen LogP contribution < -0.4 is 4.90 Å². The van der Waals surface area contributed by atoms with Crippen molar-refractivity contribution < 1.29 is 28.8 Å². The summed E-state index contributed by atoms with van der Waals surface area (Å²) in [5.41, 5.74) is 0.419. The van der Waals surface area contributed by atoms with E-state index in [1.54, 1.807) is 12.1 Å². The van der Waals surface area contributed by atoms with Crippen LogP contribution in [0.2, 0.25) is 0 Å². The highest BCUT2D eigenvalue weighted by molar-refractivity contribution is 6.23. The number of carbonyl (C=O) groups is 4. The zero-order chi connectivity index (χ0) is 23.3. The number of Topliss-reactive ketones (excluding diaryl/α,β-unsaturated/α-hetero) is 1. The molecule has 2 aromatic carbocycles. The van der Waals surface area contributed by atoms with Crippen molar-refractivity contribution in [1.82, 2.24) is 0 Å². The number of esters is 1. The van der Waals surface area contributed by atoms with E-state index in [2.05, 4.69) is 0 Å². The number of non-ortho nitro benzene ring substituents is 1. The average Bonchev–Trinajstić information content (AvgIpc) is 3.51. The Morgan fingerprint density at radius 3 is 2.21 bits per heavy atom. The largest absolute Gasteiger partial charge is 0.454 e. The van der Waals surface area contributed by atoms with Gasteiger partial charge < -0.3 is 4.74 Å². The lowest BCUT2D eigenvalue weighted by molar-refractivity contribution is -0.384. The number of hydrogen-bond donors (Lipinski definition) is 0. The van der Waals surface area contributed by atoms with Crippen LogP contribution in [0.4, 0.5) is 11.4 Å². The molecule has 2 aliphatic carbocycles. The van der Waals surface area contributed by atoms with Crippen LogP contribution >= 0.6 is 0 Å². The van der Waals surface area contributed by atoms with Crippen LogP contribution in [-0.2, 0) is 14.3 Å². The quantitative estimate of drug-likeness (QED) is 0.167. The van der Waals surface area contributed by atoms with Crippen molar-refractivity contribution in [1.29, 1.82) is 0 Å². The maximum Gasteiger partial charge on any atom is 0.338 e. The van der Waals surface area contributed by atoms with Gasteiger partial charge in [-0.3, -0.25) is 24.5 Å². The second-order valence-electron chi connectivity index (χ2n) is 8.37. The number of nitro groups is 1. The standard InChI is InChI=1S/C24H18N2O7/c27-19(13-6-8-17(9-7-13)26(31)32)12-33-24(30)16-2-1-3-18(11-16)25-22(28)20-14-4-5-15(10-14)21(20)23(25)29/h1-9,11,14-15,20-21H,10,12H2/t14-,15+,20-,21+. The molecule has 1 heterocycles.